The van der Waals surface area contributed by atoms with Gasteiger partial charge in [0.25, 0.3) is 0 Å². The fourth-order valence-electron chi connectivity index (χ4n) is 2.71. The molecule has 8 heteroatoms. The Labute approximate surface area is 155 Å². The van der Waals surface area contributed by atoms with E-state index in [1.54, 1.807) is 25.3 Å². The third-order valence-corrected chi connectivity index (χ3v) is 4.50. The van der Waals surface area contributed by atoms with Gasteiger partial charge in [-0.15, -0.1) is 5.11 Å². The van der Waals surface area contributed by atoms with Crippen molar-refractivity contribution in [3.63, 3.8) is 0 Å². The van der Waals surface area contributed by atoms with Gasteiger partial charge in [-0.3, -0.25) is 0 Å². The van der Waals surface area contributed by atoms with Gasteiger partial charge in [-0.1, -0.05) is 23.2 Å². The van der Waals surface area contributed by atoms with E-state index >= 15 is 0 Å². The monoisotopic (exact) mass is 381 g/mol. The quantitative estimate of drug-likeness (QED) is 0.396. The second-order valence-electron chi connectivity index (χ2n) is 5.72. The first-order valence-electron chi connectivity index (χ1n) is 7.91. The van der Waals surface area contributed by atoms with Gasteiger partial charge in [0.05, 0.1) is 18.9 Å². The van der Waals surface area contributed by atoms with Crippen molar-refractivity contribution < 1.29 is 14.2 Å². The Morgan fingerprint density at radius 1 is 1.08 bits per heavy atom. The van der Waals surface area contributed by atoms with Crippen molar-refractivity contribution in [2.24, 2.45) is 10.2 Å². The molecule has 0 unspecified atom stereocenters. The summed E-state index contributed by atoms with van der Waals surface area (Å²) in [5.41, 5.74) is 0.810. The molecule has 2 aromatic rings. The number of azo groups is 1. The Balaban J connectivity index is 1.85. The van der Waals surface area contributed by atoms with Crippen LogP contribution in [0.1, 0.15) is 25.7 Å². The summed E-state index contributed by atoms with van der Waals surface area (Å²) >= 11 is 12.0. The van der Waals surface area contributed by atoms with Crippen LogP contribution in [-0.4, -0.2) is 13.2 Å². The van der Waals surface area contributed by atoms with Gasteiger partial charge in [0.1, 0.15) is 15.7 Å². The van der Waals surface area contributed by atoms with Crippen LogP contribution in [0.25, 0.3) is 0 Å². The molecule has 0 spiro atoms. The number of nitrogens with zero attached hydrogens (tertiary/aromatic N) is 3. The smallest absolute Gasteiger partial charge is 0.201 e. The topological polar surface area (TPSA) is 70.1 Å². The van der Waals surface area contributed by atoms with Gasteiger partial charge in [-0.2, -0.15) is 9.84 Å². The zero-order chi connectivity index (χ0) is 17.8. The van der Waals surface area contributed by atoms with E-state index < -0.39 is 0 Å². The van der Waals surface area contributed by atoms with Gasteiger partial charge in [0.2, 0.25) is 12.4 Å². The lowest BCUT2D eigenvalue weighted by Gasteiger charge is -2.16. The number of halogens is 2. The molecule has 1 aliphatic rings. The SMILES string of the molecule is COc1ccc(/N=N/c2c(Cl)c[n+]([O-])cc2Cl)cc1OC1CCCC1. The normalized spacial score (nSPS) is 15.0. The Hall–Kier alpha value is -2.05. The van der Waals surface area contributed by atoms with Gasteiger partial charge >= 0.3 is 0 Å². The van der Waals surface area contributed by atoms with Crippen molar-refractivity contribution in [3.8, 4) is 11.5 Å². The first-order chi connectivity index (χ1) is 12.1. The van der Waals surface area contributed by atoms with Crippen LogP contribution in [0.5, 0.6) is 11.5 Å². The molecule has 25 heavy (non-hydrogen) atoms. The minimum absolute atomic E-state index is 0.127. The lowest BCUT2D eigenvalue weighted by Crippen LogP contribution is -2.24. The van der Waals surface area contributed by atoms with Crippen LogP contribution >= 0.6 is 23.2 Å². The lowest BCUT2D eigenvalue weighted by molar-refractivity contribution is -0.605. The summed E-state index contributed by atoms with van der Waals surface area (Å²) in [6.45, 7) is 0. The summed E-state index contributed by atoms with van der Waals surface area (Å²) in [4.78, 5) is 0. The van der Waals surface area contributed by atoms with Crippen LogP contribution in [0.3, 0.4) is 0 Å². The van der Waals surface area contributed by atoms with Crippen LogP contribution in [0, 0.1) is 5.21 Å². The first-order valence-corrected chi connectivity index (χ1v) is 8.66. The Kier molecular flexibility index (Phi) is 5.60. The molecule has 0 aliphatic heterocycles. The molecule has 0 amide bonds. The second-order valence-corrected chi connectivity index (χ2v) is 6.54. The maximum absolute atomic E-state index is 11.3. The minimum atomic E-state index is 0.127. The van der Waals surface area contributed by atoms with E-state index in [0.717, 1.165) is 12.8 Å². The molecule has 1 aliphatic carbocycles. The predicted octanol–water partition coefficient (Wildman–Crippen LogP) is 5.37. The highest BCUT2D eigenvalue weighted by atomic mass is 35.5. The van der Waals surface area contributed by atoms with Crippen molar-refractivity contribution in [2.75, 3.05) is 7.11 Å². The van der Waals surface area contributed by atoms with Crippen molar-refractivity contribution in [1.82, 2.24) is 0 Å². The number of rotatable bonds is 5. The predicted molar refractivity (Wildman–Crippen MR) is 95.5 cm³/mol. The molecule has 3 rings (SSSR count). The molecule has 1 saturated carbocycles. The molecule has 132 valence electrons. The van der Waals surface area contributed by atoms with E-state index in [-0.39, 0.29) is 21.8 Å². The van der Waals surface area contributed by atoms with Crippen molar-refractivity contribution >= 4 is 34.6 Å². The fraction of sp³-hybridized carbons (Fsp3) is 0.353. The summed E-state index contributed by atoms with van der Waals surface area (Å²) in [5.74, 6) is 1.28. The number of benzene rings is 1. The largest absolute Gasteiger partial charge is 0.619 e. The molecule has 1 heterocycles. The summed E-state index contributed by atoms with van der Waals surface area (Å²) in [7, 11) is 1.60. The van der Waals surface area contributed by atoms with Crippen LogP contribution in [0.15, 0.2) is 40.8 Å². The second kappa shape index (κ2) is 7.89. The molecule has 1 aromatic heterocycles. The maximum atomic E-state index is 11.3. The maximum Gasteiger partial charge on any atom is 0.201 e. The highest BCUT2D eigenvalue weighted by Gasteiger charge is 2.18. The van der Waals surface area contributed by atoms with E-state index in [1.165, 1.54) is 25.2 Å². The average Bonchev–Trinajstić information content (AvgIpc) is 3.07. The molecular formula is C17H17Cl2N3O3. The van der Waals surface area contributed by atoms with Crippen LogP contribution in [0.2, 0.25) is 10.0 Å². The van der Waals surface area contributed by atoms with E-state index in [4.69, 9.17) is 32.7 Å². The highest BCUT2D eigenvalue weighted by Crippen LogP contribution is 2.36. The molecule has 1 aromatic carbocycles. The number of pyridine rings is 1. The average molecular weight is 382 g/mol. The summed E-state index contributed by atoms with van der Waals surface area (Å²) < 4.78 is 11.9. The van der Waals surface area contributed by atoms with E-state index in [9.17, 15) is 5.21 Å². The van der Waals surface area contributed by atoms with Gasteiger partial charge in [-0.25, -0.2) is 0 Å². The number of hydrogen-bond donors (Lipinski definition) is 0. The van der Waals surface area contributed by atoms with Gasteiger partial charge in [-0.05, 0) is 37.8 Å². The minimum Gasteiger partial charge on any atom is -0.619 e. The number of ether oxygens (including phenoxy) is 2. The molecule has 0 atom stereocenters. The summed E-state index contributed by atoms with van der Waals surface area (Å²) in [6, 6.07) is 5.29. The van der Waals surface area contributed by atoms with E-state index in [2.05, 4.69) is 10.2 Å². The van der Waals surface area contributed by atoms with Gasteiger partial charge < -0.3 is 14.7 Å². The van der Waals surface area contributed by atoms with Crippen molar-refractivity contribution in [2.45, 2.75) is 31.8 Å². The first kappa shape index (κ1) is 17.8. The Bertz CT molecular complexity index is 770. The molecular weight excluding hydrogens is 365 g/mol. The third kappa shape index (κ3) is 4.32. The molecule has 0 N–H and O–H groups in total. The summed E-state index contributed by atoms with van der Waals surface area (Å²) in [5, 5.41) is 19.7. The lowest BCUT2D eigenvalue weighted by atomic mass is 10.2. The van der Waals surface area contributed by atoms with Crippen LogP contribution < -0.4 is 14.2 Å². The Morgan fingerprint density at radius 3 is 2.40 bits per heavy atom. The molecule has 0 bridgehead atoms. The van der Waals surface area contributed by atoms with Gasteiger partial charge in [0.15, 0.2) is 11.5 Å². The number of aromatic nitrogens is 1. The molecule has 0 radical (unpaired) electrons. The van der Waals surface area contributed by atoms with Crippen molar-refractivity contribution in [1.29, 1.82) is 0 Å². The standard InChI is InChI=1S/C17H17Cl2N3O3/c1-24-15-7-6-11(8-16(15)25-12-4-2-3-5-12)20-21-17-13(18)9-22(23)10-14(17)19/h6-10,12H,2-5H2,1H3/b21-20+. The van der Waals surface area contributed by atoms with Gasteiger partial charge in [0, 0.05) is 6.07 Å². The number of methoxy groups -OCH3 is 1. The molecule has 1 fully saturated rings. The fourth-order valence-corrected chi connectivity index (χ4v) is 3.23. The zero-order valence-electron chi connectivity index (χ0n) is 13.6. The molecule has 0 saturated heterocycles. The van der Waals surface area contributed by atoms with E-state index in [1.807, 2.05) is 0 Å². The summed E-state index contributed by atoms with van der Waals surface area (Å²) in [6.07, 6.45) is 6.98. The highest BCUT2D eigenvalue weighted by molar-refractivity contribution is 6.38. The zero-order valence-corrected chi connectivity index (χ0v) is 15.1. The van der Waals surface area contributed by atoms with Crippen LogP contribution in [-0.2, 0) is 0 Å². The Morgan fingerprint density at radius 2 is 1.76 bits per heavy atom. The number of hydrogen-bond acceptors (Lipinski definition) is 5. The van der Waals surface area contributed by atoms with Crippen LogP contribution in [0.4, 0.5) is 11.4 Å². The van der Waals surface area contributed by atoms with E-state index in [0.29, 0.717) is 21.9 Å². The third-order valence-electron chi connectivity index (χ3n) is 3.94. The van der Waals surface area contributed by atoms with Crippen molar-refractivity contribution in [3.05, 3.63) is 45.8 Å². The molecule has 6 nitrogen and oxygen atoms in total.